The van der Waals surface area contributed by atoms with Gasteiger partial charge in [-0.3, -0.25) is 9.10 Å². The SMILES string of the molecule is C=CCNC(=O)CN(c1ccccc1C(=O)OC)S(C)(=O)=O. The van der Waals surface area contributed by atoms with Crippen LogP contribution in [0.25, 0.3) is 0 Å². The maximum atomic E-state index is 12.0. The van der Waals surface area contributed by atoms with Gasteiger partial charge >= 0.3 is 5.97 Å². The van der Waals surface area contributed by atoms with E-state index in [1.54, 1.807) is 12.1 Å². The van der Waals surface area contributed by atoms with Gasteiger partial charge in [0, 0.05) is 6.54 Å². The predicted molar refractivity (Wildman–Crippen MR) is 83.2 cm³/mol. The Bertz CT molecular complexity index is 670. The third kappa shape index (κ3) is 4.59. The molecule has 1 aromatic carbocycles. The molecule has 0 saturated heterocycles. The zero-order valence-electron chi connectivity index (χ0n) is 12.4. The number of methoxy groups -OCH3 is 1. The van der Waals surface area contributed by atoms with Crippen molar-refractivity contribution in [2.75, 3.05) is 30.8 Å². The van der Waals surface area contributed by atoms with Gasteiger partial charge in [0.05, 0.1) is 24.6 Å². The highest BCUT2D eigenvalue weighted by atomic mass is 32.2. The molecule has 22 heavy (non-hydrogen) atoms. The summed E-state index contributed by atoms with van der Waals surface area (Å²) in [6, 6.07) is 6.02. The number of nitrogens with zero attached hydrogens (tertiary/aromatic N) is 1. The van der Waals surface area contributed by atoms with Crippen molar-refractivity contribution in [3.05, 3.63) is 42.5 Å². The van der Waals surface area contributed by atoms with Crippen LogP contribution in [0.3, 0.4) is 0 Å². The molecule has 7 nitrogen and oxygen atoms in total. The van der Waals surface area contributed by atoms with Gasteiger partial charge in [0.2, 0.25) is 15.9 Å². The number of hydrogen-bond donors (Lipinski definition) is 1. The molecule has 0 unspecified atom stereocenters. The molecule has 1 rings (SSSR count). The first-order valence-corrected chi connectivity index (χ1v) is 8.18. The van der Waals surface area contributed by atoms with Gasteiger partial charge in [-0.15, -0.1) is 6.58 Å². The molecular formula is C14H18N2O5S. The second-order valence-electron chi connectivity index (χ2n) is 4.37. The quantitative estimate of drug-likeness (QED) is 0.583. The number of rotatable bonds is 7. The maximum Gasteiger partial charge on any atom is 0.340 e. The number of esters is 1. The fourth-order valence-corrected chi connectivity index (χ4v) is 2.60. The third-order valence-electron chi connectivity index (χ3n) is 2.71. The summed E-state index contributed by atoms with van der Waals surface area (Å²) in [7, 11) is -2.57. The van der Waals surface area contributed by atoms with Crippen molar-refractivity contribution in [2.24, 2.45) is 0 Å². The van der Waals surface area contributed by atoms with E-state index in [-0.39, 0.29) is 17.8 Å². The van der Waals surface area contributed by atoms with Gasteiger partial charge in [-0.25, -0.2) is 13.2 Å². The number of anilines is 1. The van der Waals surface area contributed by atoms with Crippen LogP contribution < -0.4 is 9.62 Å². The molecule has 1 aromatic rings. The van der Waals surface area contributed by atoms with Crippen LogP contribution in [0.5, 0.6) is 0 Å². The van der Waals surface area contributed by atoms with E-state index in [2.05, 4.69) is 16.6 Å². The van der Waals surface area contributed by atoms with Gasteiger partial charge in [-0.2, -0.15) is 0 Å². The maximum absolute atomic E-state index is 12.0. The van der Waals surface area contributed by atoms with Crippen molar-refractivity contribution in [3.8, 4) is 0 Å². The fourth-order valence-electron chi connectivity index (χ4n) is 1.73. The molecule has 1 N–H and O–H groups in total. The number of para-hydroxylation sites is 1. The van der Waals surface area contributed by atoms with E-state index >= 15 is 0 Å². The molecule has 0 spiro atoms. The van der Waals surface area contributed by atoms with Crippen LogP contribution in [0, 0.1) is 0 Å². The van der Waals surface area contributed by atoms with E-state index < -0.39 is 28.4 Å². The van der Waals surface area contributed by atoms with Crippen molar-refractivity contribution < 1.29 is 22.7 Å². The normalized spacial score (nSPS) is 10.6. The van der Waals surface area contributed by atoms with Crippen molar-refractivity contribution in [3.63, 3.8) is 0 Å². The summed E-state index contributed by atoms with van der Waals surface area (Å²) in [6.45, 7) is 3.23. The standard InChI is InChI=1S/C14H18N2O5S/c1-4-9-15-13(17)10-16(22(3,19)20)12-8-6-5-7-11(12)14(18)21-2/h4-8H,1,9-10H2,2-3H3,(H,15,17). The molecule has 0 fully saturated rings. The Kier molecular flexibility index (Phi) is 6.11. The largest absolute Gasteiger partial charge is 0.465 e. The first kappa shape index (κ1) is 17.7. The fraction of sp³-hybridized carbons (Fsp3) is 0.286. The van der Waals surface area contributed by atoms with E-state index in [0.717, 1.165) is 10.6 Å². The molecule has 120 valence electrons. The topological polar surface area (TPSA) is 92.8 Å². The van der Waals surface area contributed by atoms with Crippen LogP contribution >= 0.6 is 0 Å². The smallest absolute Gasteiger partial charge is 0.340 e. The van der Waals surface area contributed by atoms with E-state index in [4.69, 9.17) is 0 Å². The molecule has 8 heteroatoms. The van der Waals surface area contributed by atoms with Crippen molar-refractivity contribution >= 4 is 27.6 Å². The molecule has 0 radical (unpaired) electrons. The highest BCUT2D eigenvalue weighted by Crippen LogP contribution is 2.23. The number of benzene rings is 1. The van der Waals surface area contributed by atoms with Gasteiger partial charge in [0.1, 0.15) is 6.54 Å². The number of carbonyl (C=O) groups is 2. The molecular weight excluding hydrogens is 308 g/mol. The van der Waals surface area contributed by atoms with Crippen molar-refractivity contribution in [1.29, 1.82) is 0 Å². The van der Waals surface area contributed by atoms with Gasteiger partial charge in [0.15, 0.2) is 0 Å². The molecule has 0 atom stereocenters. The molecule has 0 saturated carbocycles. The number of amides is 1. The lowest BCUT2D eigenvalue weighted by molar-refractivity contribution is -0.119. The highest BCUT2D eigenvalue weighted by molar-refractivity contribution is 7.92. The Morgan fingerprint density at radius 3 is 2.55 bits per heavy atom. The van der Waals surface area contributed by atoms with Crippen LogP contribution in [-0.2, 0) is 19.6 Å². The first-order chi connectivity index (χ1) is 10.3. The average molecular weight is 326 g/mol. The number of carbonyl (C=O) groups excluding carboxylic acids is 2. The highest BCUT2D eigenvalue weighted by Gasteiger charge is 2.25. The van der Waals surface area contributed by atoms with Crippen LogP contribution in [-0.4, -0.2) is 46.7 Å². The lowest BCUT2D eigenvalue weighted by Gasteiger charge is -2.23. The van der Waals surface area contributed by atoms with E-state index in [1.165, 1.54) is 25.3 Å². The third-order valence-corrected chi connectivity index (χ3v) is 3.84. The summed E-state index contributed by atoms with van der Waals surface area (Å²) in [5, 5.41) is 2.49. The van der Waals surface area contributed by atoms with Gasteiger partial charge in [-0.05, 0) is 12.1 Å². The molecule has 0 heterocycles. The Morgan fingerprint density at radius 2 is 2.00 bits per heavy atom. The van der Waals surface area contributed by atoms with Crippen molar-refractivity contribution in [1.82, 2.24) is 5.32 Å². The minimum atomic E-state index is -3.76. The first-order valence-electron chi connectivity index (χ1n) is 6.34. The molecule has 0 aliphatic heterocycles. The van der Waals surface area contributed by atoms with E-state index in [9.17, 15) is 18.0 Å². The second kappa shape index (κ2) is 7.60. The summed E-state index contributed by atoms with van der Waals surface area (Å²) in [6.07, 6.45) is 2.44. The summed E-state index contributed by atoms with van der Waals surface area (Å²) in [5.74, 6) is -1.19. The van der Waals surface area contributed by atoms with Gasteiger partial charge < -0.3 is 10.1 Å². The summed E-state index contributed by atoms with van der Waals surface area (Å²) < 4.78 is 29.5. The summed E-state index contributed by atoms with van der Waals surface area (Å²) >= 11 is 0. The molecule has 0 aromatic heterocycles. The predicted octanol–water partition coefficient (Wildman–Crippen LogP) is 0.541. The number of ether oxygens (including phenoxy) is 1. The van der Waals surface area contributed by atoms with Crippen LogP contribution in [0.4, 0.5) is 5.69 Å². The summed E-state index contributed by atoms with van der Waals surface area (Å²) in [5.41, 5.74) is 0.151. The Labute approximate surface area is 129 Å². The van der Waals surface area contributed by atoms with E-state index in [1.807, 2.05) is 0 Å². The molecule has 1 amide bonds. The lowest BCUT2D eigenvalue weighted by atomic mass is 10.2. The Balaban J connectivity index is 3.22. The number of nitrogens with one attached hydrogen (secondary N) is 1. The number of sulfonamides is 1. The van der Waals surface area contributed by atoms with Crippen molar-refractivity contribution in [2.45, 2.75) is 0 Å². The van der Waals surface area contributed by atoms with E-state index in [0.29, 0.717) is 0 Å². The van der Waals surface area contributed by atoms with Crippen LogP contribution in [0.1, 0.15) is 10.4 Å². The Morgan fingerprint density at radius 1 is 1.36 bits per heavy atom. The second-order valence-corrected chi connectivity index (χ2v) is 6.28. The number of hydrogen-bond acceptors (Lipinski definition) is 5. The summed E-state index contributed by atoms with van der Waals surface area (Å²) in [4.78, 5) is 23.6. The van der Waals surface area contributed by atoms with Crippen LogP contribution in [0.15, 0.2) is 36.9 Å². The monoisotopic (exact) mass is 326 g/mol. The minimum Gasteiger partial charge on any atom is -0.465 e. The molecule has 0 aliphatic carbocycles. The minimum absolute atomic E-state index is 0.0620. The molecule has 0 aliphatic rings. The lowest BCUT2D eigenvalue weighted by Crippen LogP contribution is -2.41. The Hall–Kier alpha value is -2.35. The zero-order valence-corrected chi connectivity index (χ0v) is 13.2. The van der Waals surface area contributed by atoms with Crippen LogP contribution in [0.2, 0.25) is 0 Å². The molecule has 0 bridgehead atoms. The average Bonchev–Trinajstić information content (AvgIpc) is 2.48. The zero-order chi connectivity index (χ0) is 16.8. The van der Waals surface area contributed by atoms with Gasteiger partial charge in [0.25, 0.3) is 0 Å². The van der Waals surface area contributed by atoms with Gasteiger partial charge in [-0.1, -0.05) is 18.2 Å².